The number of nitrogens with one attached hydrogen (secondary N) is 2. The van der Waals surface area contributed by atoms with Crippen LogP contribution < -0.4 is 4.72 Å². The molecule has 0 aliphatic rings. The predicted molar refractivity (Wildman–Crippen MR) is 65.3 cm³/mol. The largest absolute Gasteiger partial charge is 0.330 e. The molecule has 6 heteroatoms. The molecular weight excluding hydrogens is 238 g/mol. The highest BCUT2D eigenvalue weighted by Gasteiger charge is 2.17. The first-order valence-electron chi connectivity index (χ1n) is 5.08. The number of nitrogens with zero attached hydrogens (tertiary/aromatic N) is 1. The fraction of sp³-hybridized carbons (Fsp3) is 0.182. The van der Waals surface area contributed by atoms with Gasteiger partial charge in [0.1, 0.15) is 0 Å². The van der Waals surface area contributed by atoms with Crippen molar-refractivity contribution in [3.63, 3.8) is 0 Å². The lowest BCUT2D eigenvalue weighted by Gasteiger charge is -2.09. The van der Waals surface area contributed by atoms with Crippen LogP contribution in [0.4, 0.5) is 5.95 Å². The van der Waals surface area contributed by atoms with E-state index in [2.05, 4.69) is 14.7 Å². The summed E-state index contributed by atoms with van der Waals surface area (Å²) in [4.78, 5) is 6.80. The normalized spacial score (nSPS) is 11.4. The summed E-state index contributed by atoms with van der Waals surface area (Å²) in [5.41, 5.74) is 1.60. The highest BCUT2D eigenvalue weighted by molar-refractivity contribution is 7.92. The number of sulfonamides is 1. The molecule has 0 amide bonds. The Morgan fingerprint density at radius 1 is 1.29 bits per heavy atom. The molecule has 0 unspecified atom stereocenters. The molecule has 0 bridgehead atoms. The van der Waals surface area contributed by atoms with Crippen LogP contribution in [0.25, 0.3) is 0 Å². The molecule has 0 aliphatic carbocycles. The molecule has 2 rings (SSSR count). The maximum absolute atomic E-state index is 12.1. The van der Waals surface area contributed by atoms with Gasteiger partial charge in [-0.1, -0.05) is 12.1 Å². The van der Waals surface area contributed by atoms with Crippen LogP contribution in [-0.4, -0.2) is 18.4 Å². The summed E-state index contributed by atoms with van der Waals surface area (Å²) in [7, 11) is -3.58. The summed E-state index contributed by atoms with van der Waals surface area (Å²) < 4.78 is 26.6. The number of H-pyrrole nitrogens is 1. The molecule has 17 heavy (non-hydrogen) atoms. The monoisotopic (exact) mass is 251 g/mol. The first-order valence-corrected chi connectivity index (χ1v) is 6.57. The smallest absolute Gasteiger partial charge is 0.264 e. The van der Waals surface area contributed by atoms with Crippen molar-refractivity contribution in [2.24, 2.45) is 0 Å². The number of hydrogen-bond donors (Lipinski definition) is 2. The van der Waals surface area contributed by atoms with Gasteiger partial charge in [0, 0.05) is 12.4 Å². The molecule has 1 aromatic heterocycles. The lowest BCUT2D eigenvalue weighted by atomic mass is 10.2. The Bertz CT molecular complexity index is 618. The van der Waals surface area contributed by atoms with Gasteiger partial charge < -0.3 is 4.98 Å². The number of hydrogen-bond acceptors (Lipinski definition) is 3. The average Bonchev–Trinajstić information content (AvgIpc) is 2.73. The molecule has 1 aromatic carbocycles. The summed E-state index contributed by atoms with van der Waals surface area (Å²) in [6.45, 7) is 3.61. The number of benzene rings is 1. The van der Waals surface area contributed by atoms with E-state index in [0.717, 1.165) is 5.56 Å². The number of aryl methyl sites for hydroxylation is 2. The zero-order valence-corrected chi connectivity index (χ0v) is 10.4. The third kappa shape index (κ3) is 2.47. The van der Waals surface area contributed by atoms with Crippen LogP contribution in [-0.2, 0) is 10.0 Å². The van der Waals surface area contributed by atoms with Gasteiger partial charge in [0.15, 0.2) is 0 Å². The summed E-state index contributed by atoms with van der Waals surface area (Å²) in [6.07, 6.45) is 3.04. The molecular formula is C11H13N3O2S. The summed E-state index contributed by atoms with van der Waals surface area (Å²) in [6, 6.07) is 5.30. The number of aromatic amines is 1. The second kappa shape index (κ2) is 4.21. The fourth-order valence-electron chi connectivity index (χ4n) is 1.50. The van der Waals surface area contributed by atoms with Gasteiger partial charge in [0.25, 0.3) is 10.0 Å². The maximum atomic E-state index is 12.1. The lowest BCUT2D eigenvalue weighted by Crippen LogP contribution is -2.15. The molecule has 0 fully saturated rings. The molecule has 0 saturated heterocycles. The Morgan fingerprint density at radius 2 is 2.06 bits per heavy atom. The minimum atomic E-state index is -3.58. The third-order valence-electron chi connectivity index (χ3n) is 2.36. The van der Waals surface area contributed by atoms with Crippen LogP contribution in [0.3, 0.4) is 0 Å². The number of anilines is 1. The van der Waals surface area contributed by atoms with Gasteiger partial charge >= 0.3 is 0 Å². The Morgan fingerprint density at radius 3 is 2.71 bits per heavy atom. The van der Waals surface area contributed by atoms with Gasteiger partial charge in [-0.05, 0) is 31.0 Å². The van der Waals surface area contributed by atoms with Gasteiger partial charge in [-0.2, -0.15) is 0 Å². The summed E-state index contributed by atoms with van der Waals surface area (Å²) in [5, 5.41) is 0. The van der Waals surface area contributed by atoms with E-state index in [1.807, 2.05) is 13.0 Å². The average molecular weight is 251 g/mol. The van der Waals surface area contributed by atoms with Crippen molar-refractivity contribution in [1.29, 1.82) is 0 Å². The summed E-state index contributed by atoms with van der Waals surface area (Å²) in [5.74, 6) is 0.214. The molecule has 2 aromatic rings. The van der Waals surface area contributed by atoms with Gasteiger partial charge in [0.05, 0.1) is 4.90 Å². The van der Waals surface area contributed by atoms with Crippen LogP contribution in [0.1, 0.15) is 11.1 Å². The van der Waals surface area contributed by atoms with E-state index in [-0.39, 0.29) is 10.8 Å². The molecule has 2 N–H and O–H groups in total. The highest BCUT2D eigenvalue weighted by Crippen LogP contribution is 2.18. The Hall–Kier alpha value is -1.82. The van der Waals surface area contributed by atoms with Crippen molar-refractivity contribution >= 4 is 16.0 Å². The fourth-order valence-corrected chi connectivity index (χ4v) is 2.81. The first-order chi connectivity index (χ1) is 7.99. The van der Waals surface area contributed by atoms with E-state index in [4.69, 9.17) is 0 Å². The van der Waals surface area contributed by atoms with Crippen molar-refractivity contribution < 1.29 is 8.42 Å². The quantitative estimate of drug-likeness (QED) is 0.873. The zero-order chi connectivity index (χ0) is 12.5. The Kier molecular flexibility index (Phi) is 2.89. The van der Waals surface area contributed by atoms with E-state index >= 15 is 0 Å². The number of rotatable bonds is 3. The minimum absolute atomic E-state index is 0.214. The van der Waals surface area contributed by atoms with E-state index in [0.29, 0.717) is 5.56 Å². The van der Waals surface area contributed by atoms with Gasteiger partial charge in [-0.25, -0.2) is 18.1 Å². The van der Waals surface area contributed by atoms with Crippen molar-refractivity contribution in [2.75, 3.05) is 4.72 Å². The number of aromatic nitrogens is 2. The first kappa shape index (κ1) is 11.7. The van der Waals surface area contributed by atoms with E-state index < -0.39 is 10.0 Å². The van der Waals surface area contributed by atoms with Crippen LogP contribution in [0.5, 0.6) is 0 Å². The molecule has 0 atom stereocenters. The molecule has 0 spiro atoms. The molecule has 90 valence electrons. The highest BCUT2D eigenvalue weighted by atomic mass is 32.2. The molecule has 0 radical (unpaired) electrons. The van der Waals surface area contributed by atoms with Gasteiger partial charge in [-0.15, -0.1) is 0 Å². The van der Waals surface area contributed by atoms with Gasteiger partial charge in [-0.3, -0.25) is 0 Å². The molecule has 0 saturated carbocycles. The van der Waals surface area contributed by atoms with E-state index in [1.54, 1.807) is 25.3 Å². The molecule has 5 nitrogen and oxygen atoms in total. The van der Waals surface area contributed by atoms with E-state index in [1.165, 1.54) is 6.20 Å². The second-order valence-corrected chi connectivity index (χ2v) is 5.46. The maximum Gasteiger partial charge on any atom is 0.264 e. The van der Waals surface area contributed by atoms with E-state index in [9.17, 15) is 8.42 Å². The van der Waals surface area contributed by atoms with Crippen molar-refractivity contribution in [3.8, 4) is 0 Å². The topological polar surface area (TPSA) is 74.8 Å². The standard InChI is InChI=1S/C11H13N3O2S/c1-8-3-4-9(2)10(7-8)17(15,16)14-11-12-5-6-13-11/h3-7H,1-2H3,(H2,12,13,14). The second-order valence-electron chi connectivity index (χ2n) is 3.81. The minimum Gasteiger partial charge on any atom is -0.330 e. The van der Waals surface area contributed by atoms with Crippen LogP contribution in [0.2, 0.25) is 0 Å². The predicted octanol–water partition coefficient (Wildman–Crippen LogP) is 1.83. The Balaban J connectivity index is 2.41. The van der Waals surface area contributed by atoms with Crippen molar-refractivity contribution in [3.05, 3.63) is 41.7 Å². The lowest BCUT2D eigenvalue weighted by molar-refractivity contribution is 0.600. The zero-order valence-electron chi connectivity index (χ0n) is 9.56. The number of imidazole rings is 1. The SMILES string of the molecule is Cc1ccc(C)c(S(=O)(=O)Nc2ncc[nH]2)c1. The van der Waals surface area contributed by atoms with Crippen LogP contribution in [0, 0.1) is 13.8 Å². The van der Waals surface area contributed by atoms with Gasteiger partial charge in [0.2, 0.25) is 5.95 Å². The third-order valence-corrected chi connectivity index (χ3v) is 3.84. The molecule has 1 heterocycles. The van der Waals surface area contributed by atoms with Crippen LogP contribution >= 0.6 is 0 Å². The Labute approximate surface area is 100.0 Å². The van der Waals surface area contributed by atoms with Crippen molar-refractivity contribution in [1.82, 2.24) is 9.97 Å². The summed E-state index contributed by atoms with van der Waals surface area (Å²) >= 11 is 0. The van der Waals surface area contributed by atoms with Crippen molar-refractivity contribution in [2.45, 2.75) is 18.7 Å². The van der Waals surface area contributed by atoms with Crippen LogP contribution in [0.15, 0.2) is 35.5 Å². The molecule has 0 aliphatic heterocycles.